The number of rotatable bonds is 3. The number of ether oxygens (including phenoxy) is 1. The van der Waals surface area contributed by atoms with Crippen molar-refractivity contribution in [2.24, 2.45) is 5.41 Å². The van der Waals surface area contributed by atoms with Gasteiger partial charge in [-0.2, -0.15) is 0 Å². The van der Waals surface area contributed by atoms with Crippen molar-refractivity contribution in [3.05, 3.63) is 28.4 Å². The summed E-state index contributed by atoms with van der Waals surface area (Å²) >= 11 is 3.55. The fourth-order valence-electron chi connectivity index (χ4n) is 3.41. The van der Waals surface area contributed by atoms with Crippen LogP contribution in [-0.2, 0) is 11.2 Å². The van der Waals surface area contributed by atoms with Crippen LogP contribution in [0.3, 0.4) is 0 Å². The van der Waals surface area contributed by atoms with Crippen LogP contribution in [0.1, 0.15) is 25.3 Å². The van der Waals surface area contributed by atoms with E-state index in [0.717, 1.165) is 41.0 Å². The second-order valence-electron chi connectivity index (χ2n) is 6.29. The van der Waals surface area contributed by atoms with Crippen molar-refractivity contribution in [1.82, 2.24) is 9.97 Å². The molecule has 5 heteroatoms. The van der Waals surface area contributed by atoms with Gasteiger partial charge in [0, 0.05) is 27.5 Å². The van der Waals surface area contributed by atoms with E-state index in [-0.39, 0.29) is 0 Å². The highest BCUT2D eigenvalue weighted by Gasteiger charge is 2.49. The molecular weight excluding hydrogens is 330 g/mol. The van der Waals surface area contributed by atoms with E-state index in [9.17, 15) is 0 Å². The third-order valence-corrected chi connectivity index (χ3v) is 5.07. The molecule has 0 amide bonds. The Bertz CT molecular complexity index is 691. The molecule has 2 fully saturated rings. The molecular formula is C16H18BrN3O. The van der Waals surface area contributed by atoms with Gasteiger partial charge in [0.15, 0.2) is 0 Å². The van der Waals surface area contributed by atoms with E-state index in [0.29, 0.717) is 11.5 Å². The summed E-state index contributed by atoms with van der Waals surface area (Å²) in [7, 11) is 0. The standard InChI is InChI=1S/C16H18BrN3O/c1-2-10-3-12(17)4-11-7-18-15(20-14(10)11)19-13-5-16(6-13)8-21-9-16/h3-4,7,13H,2,5-6,8-9H2,1H3,(H,18,19,20). The number of aryl methyl sites for hydroxylation is 1. The molecule has 1 aromatic carbocycles. The summed E-state index contributed by atoms with van der Waals surface area (Å²) in [5, 5.41) is 4.56. The van der Waals surface area contributed by atoms with Gasteiger partial charge in [-0.25, -0.2) is 9.97 Å². The quantitative estimate of drug-likeness (QED) is 0.922. The largest absolute Gasteiger partial charge is 0.380 e. The molecule has 0 radical (unpaired) electrons. The molecule has 1 saturated heterocycles. The van der Waals surface area contributed by atoms with Gasteiger partial charge in [-0.1, -0.05) is 22.9 Å². The summed E-state index contributed by atoms with van der Waals surface area (Å²) < 4.78 is 6.40. The molecule has 110 valence electrons. The Morgan fingerprint density at radius 2 is 2.19 bits per heavy atom. The van der Waals surface area contributed by atoms with Gasteiger partial charge in [0.25, 0.3) is 0 Å². The number of nitrogens with zero attached hydrogens (tertiary/aromatic N) is 2. The van der Waals surface area contributed by atoms with E-state index in [1.807, 2.05) is 6.20 Å². The zero-order valence-electron chi connectivity index (χ0n) is 12.0. The van der Waals surface area contributed by atoms with E-state index in [2.05, 4.69) is 45.3 Å². The minimum Gasteiger partial charge on any atom is -0.380 e. The third kappa shape index (κ3) is 2.32. The first-order valence-corrected chi connectivity index (χ1v) is 8.26. The summed E-state index contributed by atoms with van der Waals surface area (Å²) in [5.74, 6) is 0.750. The Morgan fingerprint density at radius 1 is 1.38 bits per heavy atom. The monoisotopic (exact) mass is 347 g/mol. The summed E-state index contributed by atoms with van der Waals surface area (Å²) in [5.41, 5.74) is 2.77. The van der Waals surface area contributed by atoms with Crippen molar-refractivity contribution < 1.29 is 4.74 Å². The molecule has 1 spiro atoms. The van der Waals surface area contributed by atoms with E-state index < -0.39 is 0 Å². The maximum absolute atomic E-state index is 5.31. The zero-order chi connectivity index (χ0) is 14.4. The Balaban J connectivity index is 1.57. The number of hydrogen-bond donors (Lipinski definition) is 1. The van der Waals surface area contributed by atoms with Crippen LogP contribution in [0.5, 0.6) is 0 Å². The SMILES string of the molecule is CCc1cc(Br)cc2cnc(NC3CC4(COC4)C3)nc12. The average Bonchev–Trinajstić information content (AvgIpc) is 2.39. The van der Waals surface area contributed by atoms with Crippen LogP contribution in [0.25, 0.3) is 10.9 Å². The zero-order valence-corrected chi connectivity index (χ0v) is 13.6. The molecule has 0 unspecified atom stereocenters. The van der Waals surface area contributed by atoms with E-state index in [1.54, 1.807) is 0 Å². The van der Waals surface area contributed by atoms with Gasteiger partial charge in [-0.15, -0.1) is 0 Å². The topological polar surface area (TPSA) is 47.0 Å². The van der Waals surface area contributed by atoms with E-state index in [4.69, 9.17) is 9.72 Å². The molecule has 1 aliphatic heterocycles. The number of fused-ring (bicyclic) bond motifs is 1. The molecule has 2 aromatic rings. The first-order chi connectivity index (χ1) is 10.2. The number of hydrogen-bond acceptors (Lipinski definition) is 4. The Labute approximate surface area is 132 Å². The van der Waals surface area contributed by atoms with Gasteiger partial charge >= 0.3 is 0 Å². The first-order valence-electron chi connectivity index (χ1n) is 7.47. The Hall–Kier alpha value is -1.20. The predicted molar refractivity (Wildman–Crippen MR) is 86.5 cm³/mol. The first kappa shape index (κ1) is 13.5. The third-order valence-electron chi connectivity index (χ3n) is 4.62. The van der Waals surface area contributed by atoms with Crippen LogP contribution in [0.2, 0.25) is 0 Å². The molecule has 1 N–H and O–H groups in total. The smallest absolute Gasteiger partial charge is 0.223 e. The van der Waals surface area contributed by atoms with E-state index >= 15 is 0 Å². The summed E-state index contributed by atoms with van der Waals surface area (Å²) in [6.45, 7) is 4.01. The van der Waals surface area contributed by atoms with Crippen molar-refractivity contribution in [2.45, 2.75) is 32.2 Å². The molecule has 1 aliphatic carbocycles. The van der Waals surface area contributed by atoms with Gasteiger partial charge in [0.05, 0.1) is 18.7 Å². The van der Waals surface area contributed by atoms with Gasteiger partial charge in [0.1, 0.15) is 0 Å². The minimum absolute atomic E-state index is 0.466. The fraction of sp³-hybridized carbons (Fsp3) is 0.500. The van der Waals surface area contributed by atoms with Crippen LogP contribution in [0.4, 0.5) is 5.95 Å². The molecule has 2 aliphatic rings. The lowest BCUT2D eigenvalue weighted by atomic mass is 9.64. The molecule has 0 bridgehead atoms. The maximum atomic E-state index is 5.31. The Morgan fingerprint density at radius 3 is 2.86 bits per heavy atom. The summed E-state index contributed by atoms with van der Waals surface area (Å²) in [6.07, 6.45) is 5.23. The molecule has 21 heavy (non-hydrogen) atoms. The highest BCUT2D eigenvalue weighted by Crippen LogP contribution is 2.47. The van der Waals surface area contributed by atoms with Crippen LogP contribution in [-0.4, -0.2) is 29.2 Å². The number of benzene rings is 1. The van der Waals surface area contributed by atoms with Crippen molar-refractivity contribution in [1.29, 1.82) is 0 Å². The van der Waals surface area contributed by atoms with Crippen molar-refractivity contribution >= 4 is 32.8 Å². The average molecular weight is 348 g/mol. The highest BCUT2D eigenvalue weighted by molar-refractivity contribution is 9.10. The summed E-state index contributed by atoms with van der Waals surface area (Å²) in [6, 6.07) is 4.71. The lowest BCUT2D eigenvalue weighted by Gasteiger charge is -2.53. The van der Waals surface area contributed by atoms with E-state index in [1.165, 1.54) is 18.4 Å². The second-order valence-corrected chi connectivity index (χ2v) is 7.21. The molecule has 2 heterocycles. The molecule has 1 saturated carbocycles. The molecule has 1 aromatic heterocycles. The lowest BCUT2D eigenvalue weighted by molar-refractivity contribution is -0.159. The minimum atomic E-state index is 0.466. The number of halogens is 1. The predicted octanol–water partition coefficient (Wildman–Crippen LogP) is 3.55. The molecule has 4 rings (SSSR count). The van der Waals surface area contributed by atoms with Crippen molar-refractivity contribution in [2.75, 3.05) is 18.5 Å². The number of anilines is 1. The van der Waals surface area contributed by atoms with Crippen LogP contribution in [0, 0.1) is 5.41 Å². The van der Waals surface area contributed by atoms with Gasteiger partial charge < -0.3 is 10.1 Å². The van der Waals surface area contributed by atoms with Gasteiger partial charge in [0.2, 0.25) is 5.95 Å². The van der Waals surface area contributed by atoms with Crippen LogP contribution < -0.4 is 5.32 Å². The van der Waals surface area contributed by atoms with Crippen molar-refractivity contribution in [3.8, 4) is 0 Å². The summed E-state index contributed by atoms with van der Waals surface area (Å²) in [4.78, 5) is 9.19. The van der Waals surface area contributed by atoms with Gasteiger partial charge in [-0.05, 0) is 37.0 Å². The van der Waals surface area contributed by atoms with Crippen molar-refractivity contribution in [3.63, 3.8) is 0 Å². The molecule has 4 nitrogen and oxygen atoms in total. The van der Waals surface area contributed by atoms with Gasteiger partial charge in [-0.3, -0.25) is 0 Å². The highest BCUT2D eigenvalue weighted by atomic mass is 79.9. The lowest BCUT2D eigenvalue weighted by Crippen LogP contribution is -2.56. The maximum Gasteiger partial charge on any atom is 0.223 e. The number of nitrogens with one attached hydrogen (secondary N) is 1. The number of aromatic nitrogens is 2. The molecule has 0 atom stereocenters. The Kier molecular flexibility index (Phi) is 3.15. The normalized spacial score (nSPS) is 20.3. The van der Waals surface area contributed by atoms with Crippen LogP contribution in [0.15, 0.2) is 22.8 Å². The second kappa shape index (κ2) is 4.92. The fourth-order valence-corrected chi connectivity index (χ4v) is 3.94. The van der Waals surface area contributed by atoms with Crippen LogP contribution >= 0.6 is 15.9 Å².